The predicted molar refractivity (Wildman–Crippen MR) is 140 cm³/mol. The van der Waals surface area contributed by atoms with Gasteiger partial charge in [0.05, 0.1) is 15.5 Å². The molecule has 0 aromatic heterocycles. The molecule has 0 aliphatic carbocycles. The number of hydrogen-bond acceptors (Lipinski definition) is 5. The summed E-state index contributed by atoms with van der Waals surface area (Å²) < 4.78 is 55.2. The maximum Gasteiger partial charge on any atom is 0.264 e. The van der Waals surface area contributed by atoms with Gasteiger partial charge in [-0.2, -0.15) is 4.31 Å². The Bertz CT molecular complexity index is 1420. The van der Waals surface area contributed by atoms with Crippen LogP contribution in [0.1, 0.15) is 24.8 Å². The molecule has 0 radical (unpaired) electrons. The number of anilines is 2. The topological polar surface area (TPSA) is 104 Å². The summed E-state index contributed by atoms with van der Waals surface area (Å²) in [6, 6.07) is 20.8. The number of carbonyl (C=O) groups is 1. The van der Waals surface area contributed by atoms with Gasteiger partial charge in [-0.25, -0.2) is 16.8 Å². The number of benzene rings is 3. The second-order valence-electron chi connectivity index (χ2n) is 8.65. The van der Waals surface area contributed by atoms with E-state index in [0.29, 0.717) is 30.0 Å². The fourth-order valence-electron chi connectivity index (χ4n) is 4.16. The third-order valence-electron chi connectivity index (χ3n) is 6.09. The van der Waals surface area contributed by atoms with Crippen LogP contribution in [0.15, 0.2) is 88.7 Å². The van der Waals surface area contributed by atoms with Gasteiger partial charge in [0, 0.05) is 18.8 Å². The largest absolute Gasteiger partial charge is 0.325 e. The van der Waals surface area contributed by atoms with Crippen LogP contribution >= 0.6 is 0 Å². The summed E-state index contributed by atoms with van der Waals surface area (Å²) in [6.45, 7) is 2.34. The van der Waals surface area contributed by atoms with Crippen molar-refractivity contribution in [2.75, 3.05) is 29.3 Å². The summed E-state index contributed by atoms with van der Waals surface area (Å²) in [5.41, 5.74) is 1.48. The van der Waals surface area contributed by atoms with Gasteiger partial charge < -0.3 is 5.32 Å². The van der Waals surface area contributed by atoms with E-state index in [9.17, 15) is 21.6 Å². The average Bonchev–Trinajstić information content (AvgIpc) is 2.89. The zero-order valence-corrected chi connectivity index (χ0v) is 21.6. The summed E-state index contributed by atoms with van der Waals surface area (Å²) in [7, 11) is -7.60. The van der Waals surface area contributed by atoms with E-state index >= 15 is 0 Å². The van der Waals surface area contributed by atoms with Crippen molar-refractivity contribution < 1.29 is 21.6 Å². The molecule has 4 rings (SSSR count). The minimum absolute atomic E-state index is 0.0772. The Morgan fingerprint density at radius 2 is 1.42 bits per heavy atom. The molecule has 10 heteroatoms. The van der Waals surface area contributed by atoms with E-state index in [1.807, 2.05) is 0 Å². The lowest BCUT2D eigenvalue weighted by atomic mass is 10.2. The maximum atomic E-state index is 13.5. The summed E-state index contributed by atoms with van der Waals surface area (Å²) in [5.74, 6) is -0.551. The van der Waals surface area contributed by atoms with E-state index in [0.717, 1.165) is 23.6 Å². The van der Waals surface area contributed by atoms with Gasteiger partial charge in [0.25, 0.3) is 10.0 Å². The van der Waals surface area contributed by atoms with Crippen molar-refractivity contribution in [3.8, 4) is 0 Å². The van der Waals surface area contributed by atoms with Crippen molar-refractivity contribution >= 4 is 37.3 Å². The Morgan fingerprint density at radius 3 is 2.06 bits per heavy atom. The van der Waals surface area contributed by atoms with Crippen molar-refractivity contribution in [3.63, 3.8) is 0 Å². The third kappa shape index (κ3) is 5.61. The lowest BCUT2D eigenvalue weighted by molar-refractivity contribution is -0.114. The molecule has 0 bridgehead atoms. The fourth-order valence-corrected chi connectivity index (χ4v) is 7.18. The molecule has 1 aliphatic rings. The molecule has 0 unspecified atom stereocenters. The molecular formula is C26H29N3O5S2. The van der Waals surface area contributed by atoms with Crippen molar-refractivity contribution in [1.82, 2.24) is 4.31 Å². The number of nitrogens with one attached hydrogen (secondary N) is 1. The van der Waals surface area contributed by atoms with Gasteiger partial charge in [-0.1, -0.05) is 42.8 Å². The molecular weight excluding hydrogens is 498 g/mol. The van der Waals surface area contributed by atoms with Crippen molar-refractivity contribution in [2.45, 2.75) is 36.0 Å². The summed E-state index contributed by atoms with van der Waals surface area (Å²) in [4.78, 5) is 13.2. The molecule has 8 nitrogen and oxygen atoms in total. The number of carbonyl (C=O) groups excluding carboxylic acids is 1. The van der Waals surface area contributed by atoms with Crippen LogP contribution in [0.2, 0.25) is 0 Å². The highest BCUT2D eigenvalue weighted by atomic mass is 32.2. The Hall–Kier alpha value is -3.21. The van der Waals surface area contributed by atoms with Gasteiger partial charge in [-0.05, 0) is 67.8 Å². The van der Waals surface area contributed by atoms with Crippen LogP contribution in [0.5, 0.6) is 0 Å². The molecule has 1 heterocycles. The van der Waals surface area contributed by atoms with Crippen LogP contribution in [0.25, 0.3) is 0 Å². The zero-order valence-electron chi connectivity index (χ0n) is 20.0. The highest BCUT2D eigenvalue weighted by molar-refractivity contribution is 7.92. The van der Waals surface area contributed by atoms with Crippen LogP contribution in [-0.4, -0.2) is 46.7 Å². The maximum absolute atomic E-state index is 13.5. The van der Waals surface area contributed by atoms with Crippen LogP contribution < -0.4 is 9.62 Å². The number of amides is 1. The van der Waals surface area contributed by atoms with E-state index in [4.69, 9.17) is 0 Å². The van der Waals surface area contributed by atoms with Gasteiger partial charge in [-0.3, -0.25) is 9.10 Å². The number of sulfonamides is 2. The first-order chi connectivity index (χ1) is 17.2. The van der Waals surface area contributed by atoms with E-state index < -0.39 is 32.5 Å². The van der Waals surface area contributed by atoms with Crippen LogP contribution in [-0.2, 0) is 24.8 Å². The highest BCUT2D eigenvalue weighted by Crippen LogP contribution is 2.27. The molecule has 1 saturated heterocycles. The first kappa shape index (κ1) is 25.9. The fraction of sp³-hybridized carbons (Fsp3) is 0.269. The van der Waals surface area contributed by atoms with Gasteiger partial charge >= 0.3 is 0 Å². The monoisotopic (exact) mass is 527 g/mol. The first-order valence-corrected chi connectivity index (χ1v) is 14.6. The molecule has 36 heavy (non-hydrogen) atoms. The zero-order chi connectivity index (χ0) is 25.8. The molecule has 1 aliphatic heterocycles. The normalized spacial score (nSPS) is 14.8. The van der Waals surface area contributed by atoms with Gasteiger partial charge in [0.15, 0.2) is 0 Å². The number of aryl methyl sites for hydroxylation is 1. The Morgan fingerprint density at radius 1 is 0.806 bits per heavy atom. The average molecular weight is 528 g/mol. The SMILES string of the molecule is Cc1ccccc1N(CC(=O)Nc1ccc(S(=O)(=O)N2CCCCC2)cc1)S(=O)(=O)c1ccccc1. The van der Waals surface area contributed by atoms with Crippen LogP contribution in [0, 0.1) is 6.92 Å². The van der Waals surface area contributed by atoms with Crippen molar-refractivity contribution in [1.29, 1.82) is 0 Å². The summed E-state index contributed by atoms with van der Waals surface area (Å²) in [5, 5.41) is 2.69. The van der Waals surface area contributed by atoms with Gasteiger partial charge in [0.2, 0.25) is 15.9 Å². The highest BCUT2D eigenvalue weighted by Gasteiger charge is 2.29. The van der Waals surface area contributed by atoms with E-state index in [-0.39, 0.29) is 9.79 Å². The smallest absolute Gasteiger partial charge is 0.264 e. The second kappa shape index (κ2) is 10.8. The molecule has 3 aromatic rings. The molecule has 0 saturated carbocycles. The lowest BCUT2D eigenvalue weighted by Gasteiger charge is -2.26. The molecule has 1 N–H and O–H groups in total. The third-order valence-corrected chi connectivity index (χ3v) is 9.78. The van der Waals surface area contributed by atoms with E-state index in [1.165, 1.54) is 40.7 Å². The van der Waals surface area contributed by atoms with Crippen LogP contribution in [0.4, 0.5) is 11.4 Å². The minimum Gasteiger partial charge on any atom is -0.325 e. The Kier molecular flexibility index (Phi) is 7.77. The Balaban J connectivity index is 1.54. The number of nitrogens with zero attached hydrogens (tertiary/aromatic N) is 2. The molecule has 3 aromatic carbocycles. The van der Waals surface area contributed by atoms with E-state index in [2.05, 4.69) is 5.32 Å². The molecule has 190 valence electrons. The lowest BCUT2D eigenvalue weighted by Crippen LogP contribution is -2.38. The second-order valence-corrected chi connectivity index (χ2v) is 12.4. The Labute approximate surface area is 212 Å². The molecule has 0 atom stereocenters. The summed E-state index contributed by atoms with van der Waals surface area (Å²) in [6.07, 6.45) is 2.71. The molecule has 0 spiro atoms. The van der Waals surface area contributed by atoms with E-state index in [1.54, 1.807) is 49.4 Å². The predicted octanol–water partition coefficient (Wildman–Crippen LogP) is 4.00. The van der Waals surface area contributed by atoms with Gasteiger partial charge in [-0.15, -0.1) is 0 Å². The van der Waals surface area contributed by atoms with Gasteiger partial charge in [0.1, 0.15) is 6.54 Å². The number of para-hydroxylation sites is 1. The van der Waals surface area contributed by atoms with Crippen molar-refractivity contribution in [2.24, 2.45) is 0 Å². The molecule has 1 amide bonds. The summed E-state index contributed by atoms with van der Waals surface area (Å²) >= 11 is 0. The standard InChI is InChI=1S/C26H29N3O5S2/c1-21-10-6-7-13-25(21)29(36(33,34)23-11-4-2-5-12-23)20-26(30)27-22-14-16-24(17-15-22)35(31,32)28-18-8-3-9-19-28/h2,4-7,10-17H,3,8-9,18-20H2,1H3,(H,27,30). The van der Waals surface area contributed by atoms with Crippen molar-refractivity contribution in [3.05, 3.63) is 84.4 Å². The number of piperidine rings is 1. The molecule has 1 fully saturated rings. The quantitative estimate of drug-likeness (QED) is 0.477. The number of hydrogen-bond donors (Lipinski definition) is 1. The number of rotatable bonds is 8. The first-order valence-electron chi connectivity index (χ1n) is 11.7. The van der Waals surface area contributed by atoms with Crippen LogP contribution in [0.3, 0.4) is 0 Å². The minimum atomic E-state index is -4.01.